The van der Waals surface area contributed by atoms with Crippen LogP contribution in [0.25, 0.3) is 22.9 Å². The van der Waals surface area contributed by atoms with Gasteiger partial charge in [-0.3, -0.25) is 4.79 Å². The Bertz CT molecular complexity index is 1100. The van der Waals surface area contributed by atoms with Gasteiger partial charge in [0.05, 0.1) is 12.5 Å². The van der Waals surface area contributed by atoms with Crippen LogP contribution in [0.5, 0.6) is 0 Å². The molecule has 4 rings (SSSR count). The molecular formula is C21H18N4O3S. The number of hydrogen-bond acceptors (Lipinski definition) is 7. The zero-order chi connectivity index (χ0) is 20.1. The fourth-order valence-corrected chi connectivity index (χ4v) is 3.44. The lowest BCUT2D eigenvalue weighted by Gasteiger charge is -2.07. The van der Waals surface area contributed by atoms with E-state index in [0.29, 0.717) is 40.2 Å². The summed E-state index contributed by atoms with van der Waals surface area (Å²) in [7, 11) is 0. The van der Waals surface area contributed by atoms with E-state index >= 15 is 0 Å². The number of carbonyl (C=O) groups excluding carboxylic acids is 1. The monoisotopic (exact) mass is 406 g/mol. The lowest BCUT2D eigenvalue weighted by atomic mass is 10.2. The summed E-state index contributed by atoms with van der Waals surface area (Å²) in [5, 5.41) is 11.8. The van der Waals surface area contributed by atoms with Crippen LogP contribution in [0.3, 0.4) is 0 Å². The van der Waals surface area contributed by atoms with Gasteiger partial charge in [0.15, 0.2) is 17.2 Å². The highest BCUT2D eigenvalue weighted by molar-refractivity contribution is 7.99. The van der Waals surface area contributed by atoms with Gasteiger partial charge in [-0.2, -0.15) is 0 Å². The van der Waals surface area contributed by atoms with E-state index < -0.39 is 0 Å². The predicted molar refractivity (Wildman–Crippen MR) is 110 cm³/mol. The Morgan fingerprint density at radius 2 is 1.76 bits per heavy atom. The SMILES string of the molecule is Cc1cccc(NC(=O)CCSc2nnc(-c3ccco3)c(-c3ccco3)n2)c1. The maximum absolute atomic E-state index is 12.2. The molecule has 1 amide bonds. The van der Waals surface area contributed by atoms with Crippen molar-refractivity contribution in [2.24, 2.45) is 0 Å². The number of nitrogens with zero attached hydrogens (tertiary/aromatic N) is 3. The molecule has 1 aromatic carbocycles. The molecule has 0 aliphatic heterocycles. The molecule has 3 aromatic heterocycles. The fourth-order valence-electron chi connectivity index (χ4n) is 2.72. The number of carbonyl (C=O) groups is 1. The molecule has 0 saturated heterocycles. The maximum Gasteiger partial charge on any atom is 0.225 e. The molecule has 0 spiro atoms. The van der Waals surface area contributed by atoms with E-state index in [9.17, 15) is 4.79 Å². The van der Waals surface area contributed by atoms with Crippen LogP contribution in [0.2, 0.25) is 0 Å². The number of aryl methyl sites for hydroxylation is 1. The standard InChI is InChI=1S/C21H18N4O3S/c1-14-5-2-6-15(13-14)22-18(26)9-12-29-21-23-19(16-7-3-10-27-16)20(24-25-21)17-8-4-11-28-17/h2-8,10-11,13H,9,12H2,1H3,(H,22,26). The van der Waals surface area contributed by atoms with Crippen LogP contribution in [0.15, 0.2) is 75.0 Å². The van der Waals surface area contributed by atoms with Gasteiger partial charge >= 0.3 is 0 Å². The van der Waals surface area contributed by atoms with Crippen LogP contribution in [0.1, 0.15) is 12.0 Å². The Balaban J connectivity index is 1.43. The molecule has 0 fully saturated rings. The third-order valence-corrected chi connectivity index (χ3v) is 4.88. The van der Waals surface area contributed by atoms with Gasteiger partial charge in [0, 0.05) is 17.9 Å². The van der Waals surface area contributed by atoms with Crippen molar-refractivity contribution in [1.29, 1.82) is 0 Å². The zero-order valence-corrected chi connectivity index (χ0v) is 16.5. The highest BCUT2D eigenvalue weighted by Crippen LogP contribution is 2.30. The average Bonchev–Trinajstić information content (AvgIpc) is 3.42. The van der Waals surface area contributed by atoms with Gasteiger partial charge in [-0.25, -0.2) is 4.98 Å². The first kappa shape index (κ1) is 18.9. The minimum absolute atomic E-state index is 0.0606. The summed E-state index contributed by atoms with van der Waals surface area (Å²) in [4.78, 5) is 16.7. The van der Waals surface area contributed by atoms with Crippen molar-refractivity contribution in [3.63, 3.8) is 0 Å². The Morgan fingerprint density at radius 3 is 2.45 bits per heavy atom. The van der Waals surface area contributed by atoms with E-state index in [0.717, 1.165) is 11.3 Å². The van der Waals surface area contributed by atoms with Crippen molar-refractivity contribution in [3.8, 4) is 22.9 Å². The normalized spacial score (nSPS) is 10.8. The van der Waals surface area contributed by atoms with Crippen LogP contribution in [0, 0.1) is 6.92 Å². The van der Waals surface area contributed by atoms with Crippen molar-refractivity contribution in [1.82, 2.24) is 15.2 Å². The number of hydrogen-bond donors (Lipinski definition) is 1. The number of rotatable bonds is 7. The second-order valence-corrected chi connectivity index (χ2v) is 7.32. The molecule has 0 radical (unpaired) electrons. The fraction of sp³-hybridized carbons (Fsp3) is 0.143. The second kappa shape index (κ2) is 8.74. The van der Waals surface area contributed by atoms with Gasteiger partial charge in [-0.05, 0) is 48.9 Å². The van der Waals surface area contributed by atoms with Crippen molar-refractivity contribution in [3.05, 3.63) is 66.6 Å². The first-order valence-corrected chi connectivity index (χ1v) is 9.99. The Labute approximate surface area is 171 Å². The number of nitrogens with one attached hydrogen (secondary N) is 1. The highest BCUT2D eigenvalue weighted by Gasteiger charge is 2.18. The summed E-state index contributed by atoms with van der Waals surface area (Å²) < 4.78 is 10.9. The molecule has 0 bridgehead atoms. The molecule has 3 heterocycles. The van der Waals surface area contributed by atoms with Gasteiger partial charge in [0.25, 0.3) is 0 Å². The van der Waals surface area contributed by atoms with Crippen LogP contribution in [-0.2, 0) is 4.79 Å². The minimum atomic E-state index is -0.0606. The Morgan fingerprint density at radius 1 is 1.00 bits per heavy atom. The lowest BCUT2D eigenvalue weighted by molar-refractivity contribution is -0.115. The number of benzene rings is 1. The number of thioether (sulfide) groups is 1. The van der Waals surface area contributed by atoms with Gasteiger partial charge < -0.3 is 14.2 Å². The molecular weight excluding hydrogens is 388 g/mol. The van der Waals surface area contributed by atoms with E-state index in [1.807, 2.05) is 31.2 Å². The summed E-state index contributed by atoms with van der Waals surface area (Å²) >= 11 is 1.36. The van der Waals surface area contributed by atoms with Crippen molar-refractivity contribution in [2.45, 2.75) is 18.5 Å². The summed E-state index contributed by atoms with van der Waals surface area (Å²) in [5.41, 5.74) is 2.94. The van der Waals surface area contributed by atoms with Gasteiger partial charge in [-0.15, -0.1) is 10.2 Å². The van der Waals surface area contributed by atoms with Gasteiger partial charge in [0.2, 0.25) is 11.1 Å². The molecule has 0 aliphatic carbocycles. The van der Waals surface area contributed by atoms with Gasteiger partial charge in [0.1, 0.15) is 5.69 Å². The summed E-state index contributed by atoms with van der Waals surface area (Å²) in [5.74, 6) is 1.60. The van der Waals surface area contributed by atoms with Crippen molar-refractivity contribution >= 4 is 23.4 Å². The lowest BCUT2D eigenvalue weighted by Crippen LogP contribution is -2.12. The molecule has 7 nitrogen and oxygen atoms in total. The first-order valence-electron chi connectivity index (χ1n) is 9.01. The largest absolute Gasteiger partial charge is 0.463 e. The molecule has 8 heteroatoms. The number of anilines is 1. The number of amides is 1. The Kier molecular flexibility index (Phi) is 5.71. The first-order chi connectivity index (χ1) is 14.2. The maximum atomic E-state index is 12.2. The molecule has 4 aromatic rings. The van der Waals surface area contributed by atoms with E-state index in [4.69, 9.17) is 8.83 Å². The van der Waals surface area contributed by atoms with Crippen molar-refractivity contribution < 1.29 is 13.6 Å². The summed E-state index contributed by atoms with van der Waals surface area (Å²) in [6.07, 6.45) is 3.47. The minimum Gasteiger partial charge on any atom is -0.463 e. The van der Waals surface area contributed by atoms with E-state index in [1.165, 1.54) is 11.8 Å². The topological polar surface area (TPSA) is 94.1 Å². The van der Waals surface area contributed by atoms with Crippen LogP contribution >= 0.6 is 11.8 Å². The van der Waals surface area contributed by atoms with E-state index in [-0.39, 0.29) is 5.91 Å². The molecule has 1 N–H and O–H groups in total. The van der Waals surface area contributed by atoms with Crippen molar-refractivity contribution in [2.75, 3.05) is 11.1 Å². The predicted octanol–water partition coefficient (Wildman–Crippen LogP) is 4.82. The molecule has 0 saturated carbocycles. The molecule has 29 heavy (non-hydrogen) atoms. The highest BCUT2D eigenvalue weighted by atomic mass is 32.2. The smallest absolute Gasteiger partial charge is 0.225 e. The molecule has 0 unspecified atom stereocenters. The van der Waals surface area contributed by atoms with Crippen LogP contribution < -0.4 is 5.32 Å². The third-order valence-electron chi connectivity index (χ3n) is 4.04. The molecule has 0 atom stereocenters. The van der Waals surface area contributed by atoms with Crippen LogP contribution in [0.4, 0.5) is 5.69 Å². The summed E-state index contributed by atoms with van der Waals surface area (Å²) in [6, 6.07) is 14.9. The average molecular weight is 406 g/mol. The summed E-state index contributed by atoms with van der Waals surface area (Å²) in [6.45, 7) is 1.98. The number of furan rings is 2. The van der Waals surface area contributed by atoms with E-state index in [1.54, 1.807) is 36.8 Å². The van der Waals surface area contributed by atoms with Crippen LogP contribution in [-0.4, -0.2) is 26.8 Å². The number of aromatic nitrogens is 3. The quantitative estimate of drug-likeness (QED) is 0.440. The Hall–Kier alpha value is -3.39. The zero-order valence-electron chi connectivity index (χ0n) is 15.7. The third kappa shape index (κ3) is 4.72. The molecule has 0 aliphatic rings. The second-order valence-electron chi connectivity index (χ2n) is 6.26. The molecule has 146 valence electrons. The van der Waals surface area contributed by atoms with E-state index in [2.05, 4.69) is 20.5 Å². The van der Waals surface area contributed by atoms with Gasteiger partial charge in [-0.1, -0.05) is 23.9 Å².